The number of halogens is 1. The van der Waals surface area contributed by atoms with E-state index < -0.39 is 23.8 Å². The molecular formula is C15H15FN2O3. The van der Waals surface area contributed by atoms with Gasteiger partial charge in [0.2, 0.25) is 0 Å². The van der Waals surface area contributed by atoms with E-state index in [-0.39, 0.29) is 11.3 Å². The molecule has 0 N–H and O–H groups in total. The molecule has 2 rings (SSSR count). The summed E-state index contributed by atoms with van der Waals surface area (Å²) in [5.41, 5.74) is 0.701. The van der Waals surface area contributed by atoms with Crippen LogP contribution in [0.2, 0.25) is 0 Å². The predicted octanol–water partition coefficient (Wildman–Crippen LogP) is 2.33. The Kier molecular flexibility index (Phi) is 4.16. The number of Topliss-reactive ketones (excluding diaryl/α,β-unsaturated/α-hetero) is 2. The van der Waals surface area contributed by atoms with E-state index in [4.69, 9.17) is 4.74 Å². The summed E-state index contributed by atoms with van der Waals surface area (Å²) in [5, 5.41) is 4.05. The monoisotopic (exact) mass is 290 g/mol. The highest BCUT2D eigenvalue weighted by molar-refractivity contribution is 6.14. The maximum Gasteiger partial charge on any atom is 0.177 e. The molecule has 0 aliphatic carbocycles. The fraction of sp³-hybridized carbons (Fsp3) is 0.267. The van der Waals surface area contributed by atoms with Gasteiger partial charge in [0.05, 0.1) is 30.4 Å². The van der Waals surface area contributed by atoms with Crippen LogP contribution in [0.1, 0.15) is 32.8 Å². The molecule has 1 heterocycles. The maximum absolute atomic E-state index is 13.8. The van der Waals surface area contributed by atoms with Gasteiger partial charge in [0.25, 0.3) is 0 Å². The Bertz CT molecular complexity index is 707. The van der Waals surface area contributed by atoms with Crippen LogP contribution in [0, 0.1) is 12.7 Å². The van der Waals surface area contributed by atoms with Crippen LogP contribution in [-0.4, -0.2) is 28.5 Å². The van der Waals surface area contributed by atoms with E-state index in [1.54, 1.807) is 20.2 Å². The third-order valence-electron chi connectivity index (χ3n) is 3.11. The molecule has 0 saturated heterocycles. The fourth-order valence-electron chi connectivity index (χ4n) is 2.15. The lowest BCUT2D eigenvalue weighted by Gasteiger charge is -2.08. The Morgan fingerprint density at radius 2 is 2.05 bits per heavy atom. The molecule has 0 aliphatic rings. The molecule has 0 unspecified atom stereocenters. The average molecular weight is 290 g/mol. The van der Waals surface area contributed by atoms with E-state index in [2.05, 4.69) is 5.10 Å². The van der Waals surface area contributed by atoms with Gasteiger partial charge in [-0.1, -0.05) is 6.07 Å². The second-order valence-electron chi connectivity index (χ2n) is 4.64. The van der Waals surface area contributed by atoms with Gasteiger partial charge in [0.15, 0.2) is 11.6 Å². The summed E-state index contributed by atoms with van der Waals surface area (Å²) < 4.78 is 20.3. The van der Waals surface area contributed by atoms with Gasteiger partial charge in [-0.2, -0.15) is 5.10 Å². The van der Waals surface area contributed by atoms with Crippen LogP contribution in [0.4, 0.5) is 4.39 Å². The van der Waals surface area contributed by atoms with Gasteiger partial charge in [-0.15, -0.1) is 0 Å². The normalized spacial score (nSPS) is 10.5. The lowest BCUT2D eigenvalue weighted by Crippen LogP contribution is -2.12. The highest BCUT2D eigenvalue weighted by Gasteiger charge is 2.22. The molecule has 5 nitrogen and oxygen atoms in total. The Labute approximate surface area is 121 Å². The van der Waals surface area contributed by atoms with Crippen LogP contribution in [0.5, 0.6) is 5.75 Å². The minimum atomic E-state index is -0.699. The molecule has 0 spiro atoms. The second-order valence-corrected chi connectivity index (χ2v) is 4.64. The van der Waals surface area contributed by atoms with Crippen molar-refractivity contribution in [1.29, 1.82) is 0 Å². The Morgan fingerprint density at radius 3 is 2.62 bits per heavy atom. The first-order valence-electron chi connectivity index (χ1n) is 6.33. The maximum atomic E-state index is 13.8. The third kappa shape index (κ3) is 2.99. The summed E-state index contributed by atoms with van der Waals surface area (Å²) in [6, 6.07) is 4.09. The molecule has 0 bridgehead atoms. The summed E-state index contributed by atoms with van der Waals surface area (Å²) in [6.07, 6.45) is 1.12. The van der Waals surface area contributed by atoms with Crippen LogP contribution in [0.25, 0.3) is 0 Å². The first-order valence-corrected chi connectivity index (χ1v) is 6.33. The largest absolute Gasteiger partial charge is 0.496 e. The number of ketones is 2. The zero-order valence-electron chi connectivity index (χ0n) is 12.0. The number of nitrogens with zero attached hydrogens (tertiary/aromatic N) is 2. The molecule has 0 saturated carbocycles. The molecule has 21 heavy (non-hydrogen) atoms. The van der Waals surface area contributed by atoms with E-state index in [1.165, 1.54) is 23.9 Å². The number of ether oxygens (including phenoxy) is 1. The number of hydrogen-bond acceptors (Lipinski definition) is 4. The molecule has 0 atom stereocenters. The van der Waals surface area contributed by atoms with Crippen molar-refractivity contribution in [3.05, 3.63) is 47.0 Å². The van der Waals surface area contributed by atoms with E-state index in [0.29, 0.717) is 11.3 Å². The van der Waals surface area contributed by atoms with Crippen molar-refractivity contribution in [2.75, 3.05) is 7.11 Å². The van der Waals surface area contributed by atoms with Crippen molar-refractivity contribution >= 4 is 11.6 Å². The number of carbonyl (C=O) groups is 2. The topological polar surface area (TPSA) is 61.2 Å². The second kappa shape index (κ2) is 5.87. The number of hydrogen-bond donors (Lipinski definition) is 0. The number of aryl methyl sites for hydroxylation is 2. The van der Waals surface area contributed by atoms with Crippen LogP contribution in [-0.2, 0) is 7.05 Å². The third-order valence-corrected chi connectivity index (χ3v) is 3.11. The van der Waals surface area contributed by atoms with Crippen molar-refractivity contribution in [1.82, 2.24) is 9.78 Å². The number of carbonyl (C=O) groups excluding carboxylic acids is 2. The minimum Gasteiger partial charge on any atom is -0.496 e. The molecule has 6 heteroatoms. The predicted molar refractivity (Wildman–Crippen MR) is 74.2 cm³/mol. The first kappa shape index (κ1) is 14.9. The summed E-state index contributed by atoms with van der Waals surface area (Å²) in [6.45, 7) is 1.68. The number of benzene rings is 1. The molecule has 0 amide bonds. The van der Waals surface area contributed by atoms with Gasteiger partial charge in [-0.05, 0) is 19.1 Å². The number of aromatic nitrogens is 2. The molecule has 110 valence electrons. The van der Waals surface area contributed by atoms with Gasteiger partial charge < -0.3 is 4.74 Å². The Hall–Kier alpha value is -2.50. The van der Waals surface area contributed by atoms with Gasteiger partial charge in [-0.25, -0.2) is 4.39 Å². The molecule has 0 aliphatic heterocycles. The van der Waals surface area contributed by atoms with E-state index in [0.717, 1.165) is 6.07 Å². The van der Waals surface area contributed by atoms with E-state index in [1.807, 2.05) is 0 Å². The zero-order valence-corrected chi connectivity index (χ0v) is 12.0. The molecule has 0 fully saturated rings. The van der Waals surface area contributed by atoms with Crippen LogP contribution in [0.15, 0.2) is 24.4 Å². The van der Waals surface area contributed by atoms with Gasteiger partial charge in [0, 0.05) is 13.2 Å². The summed E-state index contributed by atoms with van der Waals surface area (Å²) in [5.74, 6) is -1.58. The Morgan fingerprint density at radius 1 is 1.33 bits per heavy atom. The van der Waals surface area contributed by atoms with E-state index in [9.17, 15) is 14.0 Å². The lowest BCUT2D eigenvalue weighted by atomic mass is 10.0. The zero-order chi connectivity index (χ0) is 15.6. The van der Waals surface area contributed by atoms with Crippen molar-refractivity contribution < 1.29 is 18.7 Å². The Balaban J connectivity index is 2.26. The molecule has 1 aromatic heterocycles. The fourth-order valence-corrected chi connectivity index (χ4v) is 2.15. The van der Waals surface area contributed by atoms with Crippen LogP contribution >= 0.6 is 0 Å². The van der Waals surface area contributed by atoms with Crippen molar-refractivity contribution in [3.8, 4) is 5.75 Å². The standard InChI is InChI=1S/C15H15FN2O3/c1-9-10(8-18(2)17-9)12(19)7-13(20)15-11(16)5-4-6-14(15)21-3/h4-6,8H,7H2,1-3H3. The van der Waals surface area contributed by atoms with E-state index >= 15 is 0 Å². The molecular weight excluding hydrogens is 275 g/mol. The highest BCUT2D eigenvalue weighted by atomic mass is 19.1. The van der Waals surface area contributed by atoms with Gasteiger partial charge in [-0.3, -0.25) is 14.3 Å². The molecule has 2 aromatic rings. The minimum absolute atomic E-state index is 0.121. The molecule has 0 radical (unpaired) electrons. The van der Waals surface area contributed by atoms with Gasteiger partial charge in [0.1, 0.15) is 11.6 Å². The molecule has 1 aromatic carbocycles. The summed E-state index contributed by atoms with van der Waals surface area (Å²) >= 11 is 0. The summed E-state index contributed by atoms with van der Waals surface area (Å²) in [4.78, 5) is 24.3. The van der Waals surface area contributed by atoms with Crippen molar-refractivity contribution in [3.63, 3.8) is 0 Å². The average Bonchev–Trinajstić information content (AvgIpc) is 2.77. The van der Waals surface area contributed by atoms with Crippen LogP contribution in [0.3, 0.4) is 0 Å². The first-order chi connectivity index (χ1) is 9.93. The quantitative estimate of drug-likeness (QED) is 0.626. The van der Waals surface area contributed by atoms with Crippen molar-refractivity contribution in [2.45, 2.75) is 13.3 Å². The summed E-state index contributed by atoms with van der Waals surface area (Å²) in [7, 11) is 3.03. The number of rotatable bonds is 5. The highest BCUT2D eigenvalue weighted by Crippen LogP contribution is 2.23. The van der Waals surface area contributed by atoms with Crippen molar-refractivity contribution in [2.24, 2.45) is 7.05 Å². The lowest BCUT2D eigenvalue weighted by molar-refractivity contribution is 0.0890. The number of methoxy groups -OCH3 is 1. The van der Waals surface area contributed by atoms with Crippen LogP contribution < -0.4 is 4.74 Å². The SMILES string of the molecule is COc1cccc(F)c1C(=O)CC(=O)c1cn(C)nc1C. The smallest absolute Gasteiger partial charge is 0.177 e. The van der Waals surface area contributed by atoms with Gasteiger partial charge >= 0.3 is 0 Å².